The molecule has 0 fully saturated rings. The Hall–Kier alpha value is -2.16. The van der Waals surface area contributed by atoms with Gasteiger partial charge in [-0.15, -0.1) is 10.5 Å². The lowest BCUT2D eigenvalue weighted by Gasteiger charge is -2.25. The van der Waals surface area contributed by atoms with E-state index in [9.17, 15) is 0 Å². The van der Waals surface area contributed by atoms with Crippen LogP contribution < -0.4 is 10.5 Å². The van der Waals surface area contributed by atoms with Crippen LogP contribution in [-0.2, 0) is 24.1 Å². The Balaban J connectivity index is 2.16. The molecular formula is C45H78N2O5. The minimum Gasteiger partial charge on any atom is -0.369 e. The fourth-order valence-electron chi connectivity index (χ4n) is 6.06. The zero-order chi connectivity index (χ0) is 37.3. The van der Waals surface area contributed by atoms with Gasteiger partial charge in [0, 0.05) is 6.61 Å². The molecule has 0 aliphatic heterocycles. The van der Waals surface area contributed by atoms with Crippen LogP contribution >= 0.6 is 0 Å². The summed E-state index contributed by atoms with van der Waals surface area (Å²) >= 11 is 0. The van der Waals surface area contributed by atoms with Crippen molar-refractivity contribution in [2.24, 2.45) is 0 Å². The summed E-state index contributed by atoms with van der Waals surface area (Å²) in [6.45, 7) is 14.5. The number of hydrogen-bond donors (Lipinski definition) is 0. The Labute approximate surface area is 319 Å². The predicted octanol–water partition coefficient (Wildman–Crippen LogP) is 13.8. The molecule has 0 N–H and O–H groups in total. The van der Waals surface area contributed by atoms with Gasteiger partial charge < -0.3 is 4.74 Å². The van der Waals surface area contributed by atoms with Gasteiger partial charge in [0.2, 0.25) is 0 Å². The first kappa shape index (κ1) is 46.0. The molecule has 2 aromatic carbocycles. The average molecular weight is 727 g/mol. The van der Waals surface area contributed by atoms with Crippen molar-refractivity contribution < 1.29 is 24.1 Å². The molecule has 0 saturated carbocycles. The monoisotopic (exact) mass is 727 g/mol. The number of unbranched alkanes of at least 4 members (excludes halogenated alkanes) is 17. The van der Waals surface area contributed by atoms with Gasteiger partial charge in [0.25, 0.3) is 0 Å². The molecule has 0 atom stereocenters. The molecule has 2 aromatic rings. The first-order chi connectivity index (χ1) is 25.7. The summed E-state index contributed by atoms with van der Waals surface area (Å²) in [5, 5.41) is 3.29. The summed E-state index contributed by atoms with van der Waals surface area (Å²) in [5.41, 5.74) is 4.02. The van der Waals surface area contributed by atoms with E-state index in [4.69, 9.17) is 24.1 Å². The number of anilines is 2. The highest BCUT2D eigenvalue weighted by atomic mass is 17.0. The van der Waals surface area contributed by atoms with E-state index < -0.39 is 0 Å². The van der Waals surface area contributed by atoms with Crippen molar-refractivity contribution in [2.45, 2.75) is 182 Å². The Morgan fingerprint density at radius 3 is 0.923 bits per heavy atom. The molecule has 0 amide bonds. The van der Waals surface area contributed by atoms with E-state index in [0.717, 1.165) is 61.0 Å². The molecule has 0 saturated heterocycles. The first-order valence-corrected chi connectivity index (χ1v) is 21.6. The van der Waals surface area contributed by atoms with Crippen molar-refractivity contribution in [3.05, 3.63) is 59.7 Å². The van der Waals surface area contributed by atoms with Crippen LogP contribution in [0.4, 0.5) is 11.4 Å². The van der Waals surface area contributed by atoms with Gasteiger partial charge in [-0.05, 0) is 67.5 Å². The fourth-order valence-corrected chi connectivity index (χ4v) is 6.06. The molecule has 0 spiro atoms. The number of rotatable bonds is 36. The second-order valence-corrected chi connectivity index (χ2v) is 14.3. The van der Waals surface area contributed by atoms with Crippen molar-refractivity contribution >= 4 is 11.4 Å². The van der Waals surface area contributed by atoms with Gasteiger partial charge in [0.05, 0.1) is 37.8 Å². The van der Waals surface area contributed by atoms with E-state index in [1.165, 1.54) is 103 Å². The summed E-state index contributed by atoms with van der Waals surface area (Å²) in [5.74, 6) is 0. The van der Waals surface area contributed by atoms with Crippen molar-refractivity contribution in [3.63, 3.8) is 0 Å². The molecule has 0 heterocycles. The highest BCUT2D eigenvalue weighted by Crippen LogP contribution is 2.30. The lowest BCUT2D eigenvalue weighted by Crippen LogP contribution is -2.25. The van der Waals surface area contributed by atoms with Crippen LogP contribution in [0.25, 0.3) is 0 Å². The third-order valence-electron chi connectivity index (χ3n) is 9.42. The van der Waals surface area contributed by atoms with E-state index in [0.29, 0.717) is 33.0 Å². The second kappa shape index (κ2) is 32.3. The van der Waals surface area contributed by atoms with Crippen molar-refractivity contribution in [3.8, 4) is 0 Å². The molecule has 0 aliphatic rings. The van der Waals surface area contributed by atoms with E-state index in [2.05, 4.69) is 83.1 Å². The van der Waals surface area contributed by atoms with Crippen LogP contribution in [0, 0.1) is 0 Å². The predicted molar refractivity (Wildman–Crippen MR) is 219 cm³/mol. The van der Waals surface area contributed by atoms with Crippen LogP contribution in [0.15, 0.2) is 48.5 Å². The van der Waals surface area contributed by atoms with Crippen LogP contribution in [0.2, 0.25) is 0 Å². The zero-order valence-corrected chi connectivity index (χ0v) is 34.2. The molecule has 7 nitrogen and oxygen atoms in total. The maximum atomic E-state index is 6.55. The third kappa shape index (κ3) is 20.9. The van der Waals surface area contributed by atoms with E-state index in [1.807, 2.05) is 0 Å². The topological polar surface area (TPSA) is 52.6 Å². The van der Waals surface area contributed by atoms with Crippen LogP contribution in [0.5, 0.6) is 0 Å². The summed E-state index contributed by atoms with van der Waals surface area (Å²) < 4.78 is 6.55. The Kier molecular flexibility index (Phi) is 28.6. The Morgan fingerprint density at radius 2 is 0.635 bits per heavy atom. The second-order valence-electron chi connectivity index (χ2n) is 14.3. The van der Waals surface area contributed by atoms with Crippen LogP contribution in [0.3, 0.4) is 0 Å². The van der Waals surface area contributed by atoms with Gasteiger partial charge in [0.1, 0.15) is 6.10 Å². The summed E-state index contributed by atoms with van der Waals surface area (Å²) in [7, 11) is 0. The van der Waals surface area contributed by atoms with Gasteiger partial charge in [-0.1, -0.05) is 168 Å². The molecular weight excluding hydrogens is 649 g/mol. The molecule has 298 valence electrons. The Morgan fingerprint density at radius 1 is 0.346 bits per heavy atom. The third-order valence-corrected chi connectivity index (χ3v) is 9.42. The lowest BCUT2D eigenvalue weighted by atomic mass is 10.0. The van der Waals surface area contributed by atoms with E-state index >= 15 is 0 Å². The minimum atomic E-state index is -0.186. The highest BCUT2D eigenvalue weighted by molar-refractivity contribution is 5.48. The SMILES string of the molecule is CCCCCCCON(OCCCCCCC)c1ccc(C(OCCCC)c2ccc(N(OCCCCCCC)OCCCCCCC)cc2)cc1. The zero-order valence-electron chi connectivity index (χ0n) is 34.2. The number of ether oxygens (including phenoxy) is 1. The quantitative estimate of drug-likeness (QED) is 0.0512. The van der Waals surface area contributed by atoms with Gasteiger partial charge in [-0.25, -0.2) is 19.4 Å². The van der Waals surface area contributed by atoms with Crippen molar-refractivity contribution in [1.29, 1.82) is 0 Å². The summed E-state index contributed by atoms with van der Waals surface area (Å²) in [6, 6.07) is 17.0. The molecule has 0 radical (unpaired) electrons. The Bertz CT molecular complexity index is 939. The maximum absolute atomic E-state index is 6.55. The maximum Gasteiger partial charge on any atom is 0.108 e. The normalized spacial score (nSPS) is 11.5. The molecule has 0 aliphatic carbocycles. The van der Waals surface area contributed by atoms with E-state index in [1.54, 1.807) is 10.5 Å². The van der Waals surface area contributed by atoms with Gasteiger partial charge in [-0.2, -0.15) is 0 Å². The van der Waals surface area contributed by atoms with Crippen LogP contribution in [-0.4, -0.2) is 33.0 Å². The number of benzene rings is 2. The number of hydrogen-bond acceptors (Lipinski definition) is 7. The fraction of sp³-hybridized carbons (Fsp3) is 0.733. The standard InChI is InChI=1S/C45H78N2O5/c1-6-11-16-20-24-37-49-46(50-38-25-21-17-12-7-2)43-32-28-41(29-33-43)45(48-36-15-10-5)42-30-34-44(35-31-42)47(51-39-26-22-18-13-8-3)52-40-27-23-19-14-9-4/h28-35,45H,6-27,36-40H2,1-5H3. The summed E-state index contributed by atoms with van der Waals surface area (Å²) in [4.78, 5) is 24.8. The molecule has 0 aromatic heterocycles. The van der Waals surface area contributed by atoms with Crippen molar-refractivity contribution in [1.82, 2.24) is 0 Å². The van der Waals surface area contributed by atoms with Gasteiger partial charge >= 0.3 is 0 Å². The average Bonchev–Trinajstić information content (AvgIpc) is 3.17. The summed E-state index contributed by atoms with van der Waals surface area (Å²) in [6.07, 6.45) is 25.9. The van der Waals surface area contributed by atoms with Gasteiger partial charge in [0.15, 0.2) is 0 Å². The largest absolute Gasteiger partial charge is 0.369 e. The molecule has 2 rings (SSSR count). The molecule has 52 heavy (non-hydrogen) atoms. The highest BCUT2D eigenvalue weighted by Gasteiger charge is 2.18. The van der Waals surface area contributed by atoms with Crippen LogP contribution in [0.1, 0.15) is 193 Å². The smallest absolute Gasteiger partial charge is 0.108 e. The minimum absolute atomic E-state index is 0.186. The number of nitrogens with zero attached hydrogens (tertiary/aromatic N) is 2. The first-order valence-electron chi connectivity index (χ1n) is 21.6. The molecule has 7 heteroatoms. The van der Waals surface area contributed by atoms with Crippen molar-refractivity contribution in [2.75, 3.05) is 43.5 Å². The lowest BCUT2D eigenvalue weighted by molar-refractivity contribution is -0.0916. The van der Waals surface area contributed by atoms with E-state index in [-0.39, 0.29) is 6.10 Å². The molecule has 0 bridgehead atoms. The van der Waals surface area contributed by atoms with Gasteiger partial charge in [-0.3, -0.25) is 0 Å². The molecule has 0 unspecified atom stereocenters.